The van der Waals surface area contributed by atoms with Gasteiger partial charge in [-0.2, -0.15) is 0 Å². The number of methoxy groups -OCH3 is 1. The Morgan fingerprint density at radius 1 is 1.26 bits per heavy atom. The molecule has 9 heteroatoms. The minimum absolute atomic E-state index is 0.118. The molecule has 2 heterocycles. The molecule has 0 saturated heterocycles. The number of aliphatic hydroxyl groups excluding tert-OH is 1. The van der Waals surface area contributed by atoms with Gasteiger partial charge in [-0.3, -0.25) is 19.4 Å². The molecule has 1 fully saturated rings. The van der Waals surface area contributed by atoms with Crippen LogP contribution in [0.2, 0.25) is 0 Å². The Bertz CT molecular complexity index is 1050. The van der Waals surface area contributed by atoms with Crippen LogP contribution in [0.4, 0.5) is 15.8 Å². The minimum atomic E-state index is -1.25. The van der Waals surface area contributed by atoms with Crippen LogP contribution in [0.25, 0.3) is 0 Å². The lowest BCUT2D eigenvalue weighted by Crippen LogP contribution is -2.54. The van der Waals surface area contributed by atoms with E-state index in [0.29, 0.717) is 36.8 Å². The molecule has 2 aliphatic carbocycles. The fourth-order valence-electron chi connectivity index (χ4n) is 4.77. The van der Waals surface area contributed by atoms with Gasteiger partial charge in [0.15, 0.2) is 17.6 Å². The van der Waals surface area contributed by atoms with Gasteiger partial charge in [-0.15, -0.1) is 0 Å². The first-order chi connectivity index (χ1) is 14.8. The number of ether oxygens (including phenoxy) is 2. The molecule has 4 aliphatic rings. The smallest absolute Gasteiger partial charge is 0.328 e. The number of halogens is 1. The molecular weight excluding hydrogens is 407 g/mol. The zero-order valence-corrected chi connectivity index (χ0v) is 17.3. The number of carbonyl (C=O) groups excluding carboxylic acids is 3. The highest BCUT2D eigenvalue weighted by atomic mass is 19.1. The Hall–Kier alpha value is -2.94. The summed E-state index contributed by atoms with van der Waals surface area (Å²) in [5.74, 6) is -2.09. The number of hydrogen-bond acceptors (Lipinski definition) is 6. The monoisotopic (exact) mass is 430 g/mol. The lowest BCUT2D eigenvalue weighted by atomic mass is 9.93. The van der Waals surface area contributed by atoms with Crippen molar-refractivity contribution in [3.63, 3.8) is 0 Å². The van der Waals surface area contributed by atoms with Gasteiger partial charge >= 0.3 is 5.97 Å². The fourth-order valence-corrected chi connectivity index (χ4v) is 4.77. The first-order valence-electron chi connectivity index (χ1n) is 10.5. The van der Waals surface area contributed by atoms with Gasteiger partial charge in [-0.25, -0.2) is 9.18 Å². The summed E-state index contributed by atoms with van der Waals surface area (Å²) in [7, 11) is 1.23. The Morgan fingerprint density at radius 2 is 1.97 bits per heavy atom. The summed E-state index contributed by atoms with van der Waals surface area (Å²) in [5.41, 5.74) is 0.0715. The molecule has 2 aliphatic heterocycles. The normalized spacial score (nSPS) is 24.7. The highest BCUT2D eigenvalue weighted by Gasteiger charge is 2.59. The Morgan fingerprint density at radius 3 is 2.61 bits per heavy atom. The number of carbonyl (C=O) groups is 3. The van der Waals surface area contributed by atoms with Crippen molar-refractivity contribution in [2.24, 2.45) is 0 Å². The van der Waals surface area contributed by atoms with E-state index in [0.717, 1.165) is 23.8 Å². The second kappa shape index (κ2) is 6.78. The van der Waals surface area contributed by atoms with Crippen LogP contribution in [0, 0.1) is 5.82 Å². The van der Waals surface area contributed by atoms with E-state index in [1.54, 1.807) is 0 Å². The third-order valence-corrected chi connectivity index (χ3v) is 6.64. The molecule has 31 heavy (non-hydrogen) atoms. The van der Waals surface area contributed by atoms with Crippen LogP contribution in [0.1, 0.15) is 45.4 Å². The van der Waals surface area contributed by atoms with Crippen LogP contribution in [0.5, 0.6) is 5.75 Å². The van der Waals surface area contributed by atoms with Gasteiger partial charge in [-0.05, 0) is 44.2 Å². The molecule has 0 radical (unpaired) electrons. The number of hydrogen-bond donors (Lipinski definition) is 1. The number of rotatable bonds is 3. The molecule has 2 atom stereocenters. The first-order valence-corrected chi connectivity index (χ1v) is 10.5. The van der Waals surface area contributed by atoms with E-state index in [1.807, 2.05) is 0 Å². The van der Waals surface area contributed by atoms with Crippen LogP contribution in [-0.4, -0.2) is 47.9 Å². The Labute approximate surface area is 178 Å². The average molecular weight is 430 g/mol. The van der Waals surface area contributed by atoms with E-state index in [4.69, 9.17) is 9.47 Å². The van der Waals surface area contributed by atoms with Crippen molar-refractivity contribution in [3.05, 3.63) is 29.1 Å². The van der Waals surface area contributed by atoms with Gasteiger partial charge in [0.05, 0.1) is 18.5 Å². The van der Waals surface area contributed by atoms with Gasteiger partial charge < -0.3 is 14.6 Å². The SMILES string of the molecule is COC(=O)C(C)N1C(=O)C2(CC2)Oc2cc(F)c(N3C(=O)C4=C(CCCC4)C3O)cc21. The molecule has 5 rings (SSSR count). The van der Waals surface area contributed by atoms with Crippen molar-refractivity contribution >= 4 is 29.2 Å². The molecule has 2 unspecified atom stereocenters. The van der Waals surface area contributed by atoms with Crippen LogP contribution >= 0.6 is 0 Å². The maximum atomic E-state index is 15.2. The summed E-state index contributed by atoms with van der Waals surface area (Å²) in [5, 5.41) is 10.8. The number of amides is 2. The summed E-state index contributed by atoms with van der Waals surface area (Å²) in [6.45, 7) is 1.52. The summed E-state index contributed by atoms with van der Waals surface area (Å²) >= 11 is 0. The van der Waals surface area contributed by atoms with Gasteiger partial charge in [0.1, 0.15) is 11.8 Å². The topological polar surface area (TPSA) is 96.4 Å². The molecule has 1 N–H and O–H groups in total. The summed E-state index contributed by atoms with van der Waals surface area (Å²) in [6.07, 6.45) is 2.52. The highest BCUT2D eigenvalue weighted by molar-refractivity contribution is 6.12. The lowest BCUT2D eigenvalue weighted by Gasteiger charge is -2.38. The summed E-state index contributed by atoms with van der Waals surface area (Å²) in [6, 6.07) is 1.45. The number of aliphatic hydroxyl groups is 1. The molecule has 164 valence electrons. The molecule has 0 bridgehead atoms. The van der Waals surface area contributed by atoms with Crippen molar-refractivity contribution in [3.8, 4) is 5.75 Å². The van der Waals surface area contributed by atoms with Crippen molar-refractivity contribution in [1.82, 2.24) is 0 Å². The average Bonchev–Trinajstić information content (AvgIpc) is 3.49. The van der Waals surface area contributed by atoms with Gasteiger partial charge in [0.25, 0.3) is 11.8 Å². The van der Waals surface area contributed by atoms with Crippen molar-refractivity contribution in [2.75, 3.05) is 16.9 Å². The van der Waals surface area contributed by atoms with E-state index in [9.17, 15) is 19.5 Å². The largest absolute Gasteiger partial charge is 0.475 e. The maximum absolute atomic E-state index is 15.2. The van der Waals surface area contributed by atoms with Crippen LogP contribution in [0.3, 0.4) is 0 Å². The summed E-state index contributed by atoms with van der Waals surface area (Å²) < 4.78 is 25.8. The predicted molar refractivity (Wildman–Crippen MR) is 107 cm³/mol. The Balaban J connectivity index is 1.60. The fraction of sp³-hybridized carbons (Fsp3) is 0.500. The van der Waals surface area contributed by atoms with E-state index < -0.39 is 41.5 Å². The van der Waals surface area contributed by atoms with Crippen molar-refractivity contribution < 1.29 is 33.4 Å². The van der Waals surface area contributed by atoms with E-state index >= 15 is 4.39 Å². The van der Waals surface area contributed by atoms with E-state index in [2.05, 4.69) is 0 Å². The molecule has 1 aromatic carbocycles. The zero-order valence-electron chi connectivity index (χ0n) is 17.3. The van der Waals surface area contributed by atoms with Crippen molar-refractivity contribution in [2.45, 2.75) is 63.3 Å². The predicted octanol–water partition coefficient (Wildman–Crippen LogP) is 2.18. The second-order valence-corrected chi connectivity index (χ2v) is 8.50. The third kappa shape index (κ3) is 2.79. The minimum Gasteiger partial charge on any atom is -0.475 e. The van der Waals surface area contributed by atoms with Gasteiger partial charge in [-0.1, -0.05) is 0 Å². The number of fused-ring (bicyclic) bond motifs is 1. The molecule has 1 spiro atoms. The van der Waals surface area contributed by atoms with Crippen molar-refractivity contribution in [1.29, 1.82) is 0 Å². The number of esters is 1. The highest BCUT2D eigenvalue weighted by Crippen LogP contribution is 2.52. The first kappa shape index (κ1) is 20.0. The van der Waals surface area contributed by atoms with Crippen LogP contribution in [-0.2, 0) is 19.1 Å². The number of anilines is 2. The summed E-state index contributed by atoms with van der Waals surface area (Å²) in [4.78, 5) is 40.6. The second-order valence-electron chi connectivity index (χ2n) is 8.50. The van der Waals surface area contributed by atoms with Gasteiger partial charge in [0, 0.05) is 24.5 Å². The molecule has 1 saturated carbocycles. The van der Waals surface area contributed by atoms with Gasteiger partial charge in [0.2, 0.25) is 0 Å². The zero-order chi connectivity index (χ0) is 22.1. The van der Waals surface area contributed by atoms with E-state index in [-0.39, 0.29) is 17.1 Å². The standard InChI is InChI=1S/C22H23FN2O6/c1-11(20(28)30-2)24-16-10-15(14(23)9-17(16)31-22(7-8-22)21(24)29)25-18(26)12-5-3-4-6-13(12)19(25)27/h9-11,18,26H,3-8H2,1-2H3. The molecule has 0 aromatic heterocycles. The van der Waals surface area contributed by atoms with Crippen LogP contribution in [0.15, 0.2) is 23.3 Å². The molecule has 1 aromatic rings. The maximum Gasteiger partial charge on any atom is 0.328 e. The quantitative estimate of drug-likeness (QED) is 0.739. The number of benzene rings is 1. The number of nitrogens with zero attached hydrogens (tertiary/aromatic N) is 2. The molecule has 2 amide bonds. The lowest BCUT2D eigenvalue weighted by molar-refractivity contribution is -0.144. The third-order valence-electron chi connectivity index (χ3n) is 6.64. The Kier molecular flexibility index (Phi) is 4.37. The molecular formula is C22H23FN2O6. The van der Waals surface area contributed by atoms with E-state index in [1.165, 1.54) is 25.0 Å². The molecule has 8 nitrogen and oxygen atoms in total. The van der Waals surface area contributed by atoms with Crippen LogP contribution < -0.4 is 14.5 Å².